The molecule has 1 aromatic rings. The number of hydrogen-bond donors (Lipinski definition) is 2. The molecule has 0 radical (unpaired) electrons. The molecule has 0 aromatic carbocycles. The van der Waals surface area contributed by atoms with Crippen molar-refractivity contribution in [2.24, 2.45) is 0 Å². The normalized spacial score (nSPS) is 14.6. The Morgan fingerprint density at radius 3 is 2.73 bits per heavy atom. The molecule has 2 N–H and O–H groups in total. The maximum absolute atomic E-state index is 11.3. The molecular weight excluding hydrogens is 282 g/mol. The topological polar surface area (TPSA) is 93.0 Å². The molecule has 2 rings (SSSR count). The van der Waals surface area contributed by atoms with Crippen LogP contribution >= 0.6 is 0 Å². The zero-order valence-corrected chi connectivity index (χ0v) is 13.1. The number of allylic oxidation sites excluding steroid dienone is 1. The summed E-state index contributed by atoms with van der Waals surface area (Å²) in [6, 6.07) is 0.0637. The molecule has 0 spiro atoms. The van der Waals surface area contributed by atoms with Crippen LogP contribution < -0.4 is 10.6 Å². The Morgan fingerprint density at radius 1 is 1.32 bits per heavy atom. The summed E-state index contributed by atoms with van der Waals surface area (Å²) in [5.41, 5.74) is 1.34. The van der Waals surface area contributed by atoms with Gasteiger partial charge in [-0.05, 0) is 46.0 Å². The maximum Gasteiger partial charge on any atom is 0.353 e. The van der Waals surface area contributed by atoms with Gasteiger partial charge in [0.25, 0.3) is 0 Å². The second-order valence-corrected chi connectivity index (χ2v) is 5.76. The fourth-order valence-electron chi connectivity index (χ4n) is 2.53. The van der Waals surface area contributed by atoms with E-state index in [9.17, 15) is 10.1 Å². The van der Waals surface area contributed by atoms with Gasteiger partial charge in [0, 0.05) is 12.6 Å². The van der Waals surface area contributed by atoms with Crippen molar-refractivity contribution in [3.8, 4) is 0 Å². The van der Waals surface area contributed by atoms with E-state index in [1.807, 2.05) is 13.8 Å². The number of nitro groups is 1. The van der Waals surface area contributed by atoms with Crippen LogP contribution in [0.2, 0.25) is 0 Å². The van der Waals surface area contributed by atoms with E-state index >= 15 is 0 Å². The van der Waals surface area contributed by atoms with Gasteiger partial charge in [-0.1, -0.05) is 11.6 Å². The standard InChI is InChI=1S/C15H23N5O2/c1-11(2)19-15-13(20(21)22)14(17-10-18-15)16-9-8-12-6-4-3-5-7-12/h6,10-11H,3-5,7-9H2,1-2H3,(H2,16,17,18,19). The molecule has 0 bridgehead atoms. The van der Waals surface area contributed by atoms with Crippen molar-refractivity contribution in [2.75, 3.05) is 17.2 Å². The predicted octanol–water partition coefficient (Wildman–Crippen LogP) is 3.51. The first-order valence-electron chi connectivity index (χ1n) is 7.75. The van der Waals surface area contributed by atoms with Crippen molar-refractivity contribution in [2.45, 2.75) is 52.0 Å². The number of anilines is 2. The lowest BCUT2D eigenvalue weighted by atomic mass is 9.97. The van der Waals surface area contributed by atoms with Crippen molar-refractivity contribution in [1.82, 2.24) is 9.97 Å². The lowest BCUT2D eigenvalue weighted by Gasteiger charge is -2.14. The monoisotopic (exact) mass is 305 g/mol. The first kappa shape index (κ1) is 16.2. The fraction of sp³-hybridized carbons (Fsp3) is 0.600. The van der Waals surface area contributed by atoms with Crippen LogP contribution in [0.5, 0.6) is 0 Å². The van der Waals surface area contributed by atoms with Crippen molar-refractivity contribution in [3.05, 3.63) is 28.1 Å². The smallest absolute Gasteiger partial charge is 0.353 e. The van der Waals surface area contributed by atoms with E-state index in [0.717, 1.165) is 19.3 Å². The van der Waals surface area contributed by atoms with Gasteiger partial charge in [-0.2, -0.15) is 0 Å². The van der Waals surface area contributed by atoms with Gasteiger partial charge in [0.1, 0.15) is 6.33 Å². The molecule has 1 aliphatic rings. The molecule has 7 heteroatoms. The Bertz CT molecular complexity index is 557. The van der Waals surface area contributed by atoms with Gasteiger partial charge >= 0.3 is 5.69 Å². The van der Waals surface area contributed by atoms with E-state index in [2.05, 4.69) is 26.7 Å². The first-order chi connectivity index (χ1) is 10.6. The van der Waals surface area contributed by atoms with Gasteiger partial charge in [-0.15, -0.1) is 0 Å². The number of nitrogens with zero attached hydrogens (tertiary/aromatic N) is 3. The highest BCUT2D eigenvalue weighted by Crippen LogP contribution is 2.29. The summed E-state index contributed by atoms with van der Waals surface area (Å²) in [7, 11) is 0. The lowest BCUT2D eigenvalue weighted by molar-refractivity contribution is -0.383. The molecule has 1 heterocycles. The molecule has 0 unspecified atom stereocenters. The van der Waals surface area contributed by atoms with Gasteiger partial charge in [0.05, 0.1) is 4.92 Å². The minimum absolute atomic E-state index is 0.0637. The Balaban J connectivity index is 2.05. The summed E-state index contributed by atoms with van der Waals surface area (Å²) in [6.07, 6.45) is 9.30. The van der Waals surface area contributed by atoms with Crippen molar-refractivity contribution >= 4 is 17.3 Å². The molecule has 0 atom stereocenters. The molecule has 0 fully saturated rings. The third kappa shape index (κ3) is 4.41. The molecule has 0 aliphatic heterocycles. The lowest BCUT2D eigenvalue weighted by Crippen LogP contribution is -2.15. The maximum atomic E-state index is 11.3. The first-order valence-corrected chi connectivity index (χ1v) is 7.75. The van der Waals surface area contributed by atoms with Gasteiger partial charge in [-0.3, -0.25) is 10.1 Å². The number of nitrogens with one attached hydrogen (secondary N) is 2. The van der Waals surface area contributed by atoms with Crippen LogP contribution in [-0.4, -0.2) is 27.5 Å². The molecule has 120 valence electrons. The van der Waals surface area contributed by atoms with E-state index in [4.69, 9.17) is 0 Å². The molecule has 22 heavy (non-hydrogen) atoms. The third-order valence-corrected chi connectivity index (χ3v) is 3.55. The van der Waals surface area contributed by atoms with E-state index in [-0.39, 0.29) is 23.4 Å². The zero-order chi connectivity index (χ0) is 15.9. The van der Waals surface area contributed by atoms with Gasteiger partial charge in [0.2, 0.25) is 11.6 Å². The van der Waals surface area contributed by atoms with E-state index in [0.29, 0.717) is 6.54 Å². The van der Waals surface area contributed by atoms with Gasteiger partial charge in [-0.25, -0.2) is 9.97 Å². The van der Waals surface area contributed by atoms with E-state index in [1.165, 1.54) is 24.7 Å². The summed E-state index contributed by atoms with van der Waals surface area (Å²) in [4.78, 5) is 18.9. The quantitative estimate of drug-likeness (QED) is 0.455. The van der Waals surface area contributed by atoms with Crippen LogP contribution in [0.15, 0.2) is 18.0 Å². The number of rotatable bonds is 7. The highest BCUT2D eigenvalue weighted by molar-refractivity contribution is 5.69. The summed E-state index contributed by atoms with van der Waals surface area (Å²) < 4.78 is 0. The van der Waals surface area contributed by atoms with Gasteiger partial charge in [0.15, 0.2) is 0 Å². The van der Waals surface area contributed by atoms with Crippen molar-refractivity contribution < 1.29 is 4.92 Å². The second kappa shape index (κ2) is 7.72. The SMILES string of the molecule is CC(C)Nc1ncnc(NCCC2=CCCCC2)c1[N+](=O)[O-]. The van der Waals surface area contributed by atoms with Crippen LogP contribution in [0.3, 0.4) is 0 Å². The highest BCUT2D eigenvalue weighted by Gasteiger charge is 2.23. The van der Waals surface area contributed by atoms with E-state index < -0.39 is 4.92 Å². The predicted molar refractivity (Wildman–Crippen MR) is 87.1 cm³/mol. The largest absolute Gasteiger partial charge is 0.364 e. The summed E-state index contributed by atoms with van der Waals surface area (Å²) in [5, 5.41) is 17.4. The Hall–Kier alpha value is -2.18. The molecule has 0 amide bonds. The van der Waals surface area contributed by atoms with Crippen LogP contribution in [0.4, 0.5) is 17.3 Å². The molecule has 7 nitrogen and oxygen atoms in total. The third-order valence-electron chi connectivity index (χ3n) is 3.55. The summed E-state index contributed by atoms with van der Waals surface area (Å²) >= 11 is 0. The average Bonchev–Trinajstić information content (AvgIpc) is 2.47. The Labute approximate surface area is 130 Å². The minimum Gasteiger partial charge on any atom is -0.364 e. The summed E-state index contributed by atoms with van der Waals surface area (Å²) in [6.45, 7) is 4.47. The molecule has 0 saturated carbocycles. The molecular formula is C15H23N5O2. The van der Waals surface area contributed by atoms with Crippen LogP contribution in [0.25, 0.3) is 0 Å². The van der Waals surface area contributed by atoms with Crippen molar-refractivity contribution in [1.29, 1.82) is 0 Å². The van der Waals surface area contributed by atoms with Crippen LogP contribution in [0.1, 0.15) is 46.0 Å². The minimum atomic E-state index is -0.438. The molecule has 1 aromatic heterocycles. The number of aromatic nitrogens is 2. The Kier molecular flexibility index (Phi) is 5.68. The molecule has 1 aliphatic carbocycles. The fourth-order valence-corrected chi connectivity index (χ4v) is 2.53. The number of hydrogen-bond acceptors (Lipinski definition) is 6. The van der Waals surface area contributed by atoms with Crippen molar-refractivity contribution in [3.63, 3.8) is 0 Å². The average molecular weight is 305 g/mol. The zero-order valence-electron chi connectivity index (χ0n) is 13.1. The Morgan fingerprint density at radius 2 is 2.09 bits per heavy atom. The van der Waals surface area contributed by atoms with Crippen LogP contribution in [0, 0.1) is 10.1 Å². The second-order valence-electron chi connectivity index (χ2n) is 5.76. The van der Waals surface area contributed by atoms with Crippen LogP contribution in [-0.2, 0) is 0 Å². The van der Waals surface area contributed by atoms with Gasteiger partial charge < -0.3 is 10.6 Å². The summed E-state index contributed by atoms with van der Waals surface area (Å²) in [5.74, 6) is 0.536. The molecule has 0 saturated heterocycles. The highest BCUT2D eigenvalue weighted by atomic mass is 16.6. The van der Waals surface area contributed by atoms with E-state index in [1.54, 1.807) is 0 Å².